The van der Waals surface area contributed by atoms with Crippen molar-refractivity contribution in [1.82, 2.24) is 15.5 Å². The molecule has 1 aromatic heterocycles. The summed E-state index contributed by atoms with van der Waals surface area (Å²) in [5, 5.41) is 5.93. The molecular weight excluding hydrogens is 434 g/mol. The van der Waals surface area contributed by atoms with E-state index in [-0.39, 0.29) is 30.3 Å². The lowest BCUT2D eigenvalue weighted by molar-refractivity contribution is -0.123. The summed E-state index contributed by atoms with van der Waals surface area (Å²) in [7, 11) is 0. The van der Waals surface area contributed by atoms with Crippen LogP contribution in [-0.2, 0) is 9.59 Å². The Labute approximate surface area is 180 Å². The van der Waals surface area contributed by atoms with Crippen molar-refractivity contribution in [3.8, 4) is 0 Å². The third kappa shape index (κ3) is 6.44. The number of nitrogens with zero attached hydrogens (tertiary/aromatic N) is 1. The fourth-order valence-electron chi connectivity index (χ4n) is 3.78. The van der Waals surface area contributed by atoms with Crippen LogP contribution in [0.15, 0.2) is 51.6 Å². The number of furan rings is 1. The molecule has 1 aromatic carbocycles. The van der Waals surface area contributed by atoms with E-state index in [0.717, 1.165) is 28.9 Å². The summed E-state index contributed by atoms with van der Waals surface area (Å²) in [6, 6.07) is 11.2. The third-order valence-electron chi connectivity index (χ3n) is 5.24. The molecule has 0 saturated carbocycles. The fourth-order valence-corrected chi connectivity index (χ4v) is 4.05. The van der Waals surface area contributed by atoms with Crippen molar-refractivity contribution in [1.29, 1.82) is 0 Å². The highest BCUT2D eigenvalue weighted by Crippen LogP contribution is 2.25. The molecule has 2 amide bonds. The number of carbonyl (C=O) groups excluding carboxylic acids is 2. The molecule has 0 radical (unpaired) electrons. The summed E-state index contributed by atoms with van der Waals surface area (Å²) in [5.74, 6) is 0.617. The minimum absolute atomic E-state index is 0.0288. The quantitative estimate of drug-likeness (QED) is 0.623. The first-order valence-electron chi connectivity index (χ1n) is 10.1. The second kappa shape index (κ2) is 10.6. The Morgan fingerprint density at radius 3 is 2.48 bits per heavy atom. The number of nitrogens with one attached hydrogen (secondary N) is 2. The number of benzene rings is 1. The van der Waals surface area contributed by atoms with E-state index in [4.69, 9.17) is 4.42 Å². The van der Waals surface area contributed by atoms with Crippen LogP contribution in [-0.4, -0.2) is 36.3 Å². The molecule has 1 aliphatic rings. The van der Waals surface area contributed by atoms with Gasteiger partial charge in [0.25, 0.3) is 0 Å². The normalized spacial score (nSPS) is 16.8. The summed E-state index contributed by atoms with van der Waals surface area (Å²) < 4.78 is 6.59. The van der Waals surface area contributed by atoms with Crippen LogP contribution < -0.4 is 10.6 Å². The summed E-state index contributed by atoms with van der Waals surface area (Å²) in [4.78, 5) is 26.7. The highest BCUT2D eigenvalue weighted by atomic mass is 79.9. The summed E-state index contributed by atoms with van der Waals surface area (Å²) in [5.41, 5.74) is 0.900. The van der Waals surface area contributed by atoms with Crippen LogP contribution in [0.25, 0.3) is 0 Å². The second-order valence-electron chi connectivity index (χ2n) is 7.44. The number of rotatable bonds is 8. The van der Waals surface area contributed by atoms with Crippen molar-refractivity contribution in [3.05, 3.63) is 58.5 Å². The molecule has 1 aliphatic heterocycles. The Morgan fingerprint density at radius 1 is 1.14 bits per heavy atom. The SMILES string of the molecule is CC(=O)NC(CC(=O)NCC(c1ccco1)N1CCCCC1)c1ccc(Br)cc1. The van der Waals surface area contributed by atoms with E-state index in [1.807, 2.05) is 36.4 Å². The summed E-state index contributed by atoms with van der Waals surface area (Å²) in [6.07, 6.45) is 5.44. The Kier molecular flexibility index (Phi) is 7.89. The summed E-state index contributed by atoms with van der Waals surface area (Å²) in [6.45, 7) is 3.97. The van der Waals surface area contributed by atoms with Gasteiger partial charge in [-0.15, -0.1) is 0 Å². The van der Waals surface area contributed by atoms with Gasteiger partial charge in [-0.05, 0) is 55.8 Å². The number of likely N-dealkylation sites (tertiary alicyclic amines) is 1. The van der Waals surface area contributed by atoms with Crippen molar-refractivity contribution in [2.45, 2.75) is 44.7 Å². The van der Waals surface area contributed by atoms with Gasteiger partial charge in [-0.3, -0.25) is 14.5 Å². The molecule has 0 aliphatic carbocycles. The fraction of sp³-hybridized carbons (Fsp3) is 0.455. The summed E-state index contributed by atoms with van der Waals surface area (Å²) >= 11 is 3.41. The first-order valence-corrected chi connectivity index (χ1v) is 10.9. The van der Waals surface area contributed by atoms with Gasteiger partial charge in [-0.25, -0.2) is 0 Å². The third-order valence-corrected chi connectivity index (χ3v) is 5.76. The Morgan fingerprint density at radius 2 is 1.86 bits per heavy atom. The average Bonchev–Trinajstić information content (AvgIpc) is 3.23. The number of amides is 2. The molecule has 7 heteroatoms. The Balaban J connectivity index is 1.63. The van der Waals surface area contributed by atoms with Crippen molar-refractivity contribution in [3.63, 3.8) is 0 Å². The molecule has 2 heterocycles. The zero-order valence-corrected chi connectivity index (χ0v) is 18.3. The lowest BCUT2D eigenvalue weighted by atomic mass is 10.0. The maximum atomic E-state index is 12.7. The van der Waals surface area contributed by atoms with Crippen molar-refractivity contribution in [2.75, 3.05) is 19.6 Å². The number of halogens is 1. The molecule has 156 valence electrons. The molecule has 2 aromatic rings. The van der Waals surface area contributed by atoms with E-state index >= 15 is 0 Å². The van der Waals surface area contributed by atoms with Gasteiger partial charge in [0.1, 0.15) is 5.76 Å². The minimum Gasteiger partial charge on any atom is -0.468 e. The zero-order chi connectivity index (χ0) is 20.6. The minimum atomic E-state index is -0.363. The van der Waals surface area contributed by atoms with Crippen molar-refractivity contribution < 1.29 is 14.0 Å². The molecule has 2 unspecified atom stereocenters. The predicted octanol–water partition coefficient (Wildman–Crippen LogP) is 3.95. The van der Waals surface area contributed by atoms with E-state index in [1.54, 1.807) is 6.26 Å². The van der Waals surface area contributed by atoms with Crippen LogP contribution in [0.2, 0.25) is 0 Å². The maximum Gasteiger partial charge on any atom is 0.222 e. The first-order chi connectivity index (χ1) is 14.0. The highest BCUT2D eigenvalue weighted by molar-refractivity contribution is 9.10. The second-order valence-corrected chi connectivity index (χ2v) is 8.36. The van der Waals surface area contributed by atoms with E-state index in [1.165, 1.54) is 26.2 Å². The lowest BCUT2D eigenvalue weighted by Crippen LogP contribution is -2.41. The van der Waals surface area contributed by atoms with E-state index in [0.29, 0.717) is 6.54 Å². The monoisotopic (exact) mass is 461 g/mol. The van der Waals surface area contributed by atoms with Gasteiger partial charge < -0.3 is 15.1 Å². The molecule has 6 nitrogen and oxygen atoms in total. The van der Waals surface area contributed by atoms with Crippen molar-refractivity contribution >= 4 is 27.7 Å². The maximum absolute atomic E-state index is 12.7. The smallest absolute Gasteiger partial charge is 0.222 e. The number of hydrogen-bond donors (Lipinski definition) is 2. The van der Waals surface area contributed by atoms with Crippen LogP contribution in [0.3, 0.4) is 0 Å². The van der Waals surface area contributed by atoms with Gasteiger partial charge in [-0.2, -0.15) is 0 Å². The molecule has 0 bridgehead atoms. The van der Waals surface area contributed by atoms with Gasteiger partial charge in [0, 0.05) is 17.9 Å². The first kappa shape index (κ1) is 21.6. The number of piperidine rings is 1. The number of hydrogen-bond acceptors (Lipinski definition) is 4. The molecule has 1 saturated heterocycles. The molecule has 2 N–H and O–H groups in total. The van der Waals surface area contributed by atoms with Crippen LogP contribution in [0, 0.1) is 0 Å². The molecule has 1 fully saturated rings. The zero-order valence-electron chi connectivity index (χ0n) is 16.7. The Bertz CT molecular complexity index is 786. The molecular formula is C22H28BrN3O3. The van der Waals surface area contributed by atoms with Gasteiger partial charge >= 0.3 is 0 Å². The average molecular weight is 462 g/mol. The van der Waals surface area contributed by atoms with Gasteiger partial charge in [0.2, 0.25) is 11.8 Å². The van der Waals surface area contributed by atoms with Crippen LogP contribution >= 0.6 is 15.9 Å². The largest absolute Gasteiger partial charge is 0.468 e. The predicted molar refractivity (Wildman–Crippen MR) is 115 cm³/mol. The van der Waals surface area contributed by atoms with Gasteiger partial charge in [-0.1, -0.05) is 34.5 Å². The number of carbonyl (C=O) groups is 2. The molecule has 3 rings (SSSR count). The molecule has 29 heavy (non-hydrogen) atoms. The van der Waals surface area contributed by atoms with Crippen LogP contribution in [0.1, 0.15) is 56.0 Å². The highest BCUT2D eigenvalue weighted by Gasteiger charge is 2.25. The molecule has 2 atom stereocenters. The van der Waals surface area contributed by atoms with E-state index in [2.05, 4.69) is 31.5 Å². The van der Waals surface area contributed by atoms with E-state index < -0.39 is 0 Å². The lowest BCUT2D eigenvalue weighted by Gasteiger charge is -2.33. The van der Waals surface area contributed by atoms with Crippen LogP contribution in [0.5, 0.6) is 0 Å². The van der Waals surface area contributed by atoms with Crippen molar-refractivity contribution in [2.24, 2.45) is 0 Å². The molecule has 0 spiro atoms. The Hall–Kier alpha value is -2.12. The van der Waals surface area contributed by atoms with Gasteiger partial charge in [0.15, 0.2) is 0 Å². The van der Waals surface area contributed by atoms with Gasteiger partial charge in [0.05, 0.1) is 24.8 Å². The topological polar surface area (TPSA) is 74.6 Å². The standard InChI is InChI=1S/C22H28BrN3O3/c1-16(27)25-19(17-7-9-18(23)10-8-17)14-22(28)24-15-20(21-6-5-13-29-21)26-11-3-2-4-12-26/h5-10,13,19-20H,2-4,11-12,14-15H2,1H3,(H,24,28)(H,25,27). The van der Waals surface area contributed by atoms with E-state index in [9.17, 15) is 9.59 Å². The van der Waals surface area contributed by atoms with Crippen LogP contribution in [0.4, 0.5) is 0 Å².